The number of aromatic nitrogens is 1. The highest BCUT2D eigenvalue weighted by molar-refractivity contribution is 9.10. The lowest BCUT2D eigenvalue weighted by Gasteiger charge is -2.06. The molecular weight excluding hydrogens is 256 g/mol. The van der Waals surface area contributed by atoms with Gasteiger partial charge in [0.05, 0.1) is 5.69 Å². The molecular formula is C11H9BrN2O. The van der Waals surface area contributed by atoms with Crippen LogP contribution in [0.4, 0.5) is 5.69 Å². The fourth-order valence-electron chi connectivity index (χ4n) is 1.35. The SMILES string of the molecule is Nc1cc(Br)cn(-c2ccccc2)c1=O. The van der Waals surface area contributed by atoms with E-state index in [9.17, 15) is 4.79 Å². The van der Waals surface area contributed by atoms with Crippen molar-refractivity contribution in [3.05, 3.63) is 57.4 Å². The summed E-state index contributed by atoms with van der Waals surface area (Å²) in [5.41, 5.74) is 6.42. The second-order valence-corrected chi connectivity index (χ2v) is 4.04. The number of para-hydroxylation sites is 1. The molecule has 4 heteroatoms. The van der Waals surface area contributed by atoms with Crippen LogP contribution in [0.3, 0.4) is 0 Å². The average Bonchev–Trinajstić information content (AvgIpc) is 2.24. The van der Waals surface area contributed by atoms with Crippen LogP contribution in [0.1, 0.15) is 0 Å². The molecule has 0 aliphatic carbocycles. The number of pyridine rings is 1. The molecule has 0 bridgehead atoms. The first-order valence-corrected chi connectivity index (χ1v) is 5.21. The zero-order chi connectivity index (χ0) is 10.8. The van der Waals surface area contributed by atoms with Crippen molar-refractivity contribution in [1.29, 1.82) is 0 Å². The molecule has 0 saturated heterocycles. The first kappa shape index (κ1) is 9.98. The molecule has 1 heterocycles. The summed E-state index contributed by atoms with van der Waals surface area (Å²) in [6.45, 7) is 0. The Kier molecular flexibility index (Phi) is 2.60. The van der Waals surface area contributed by atoms with Crippen molar-refractivity contribution in [2.45, 2.75) is 0 Å². The zero-order valence-corrected chi connectivity index (χ0v) is 9.44. The maximum absolute atomic E-state index is 11.7. The lowest BCUT2D eigenvalue weighted by molar-refractivity contribution is 0.988. The standard InChI is InChI=1S/C11H9BrN2O/c12-8-6-10(13)11(15)14(7-8)9-4-2-1-3-5-9/h1-7H,13H2. The number of hydrogen-bond acceptors (Lipinski definition) is 2. The van der Waals surface area contributed by atoms with Gasteiger partial charge >= 0.3 is 0 Å². The fraction of sp³-hybridized carbons (Fsp3) is 0. The summed E-state index contributed by atoms with van der Waals surface area (Å²) in [5.74, 6) is 0. The number of halogens is 1. The van der Waals surface area contributed by atoms with Crippen molar-refractivity contribution < 1.29 is 0 Å². The van der Waals surface area contributed by atoms with E-state index in [2.05, 4.69) is 15.9 Å². The fourth-order valence-corrected chi connectivity index (χ4v) is 1.80. The summed E-state index contributed by atoms with van der Waals surface area (Å²) >= 11 is 3.30. The Balaban J connectivity index is 2.69. The predicted molar refractivity (Wildman–Crippen MR) is 64.2 cm³/mol. The van der Waals surface area contributed by atoms with E-state index in [1.807, 2.05) is 30.3 Å². The average molecular weight is 265 g/mol. The van der Waals surface area contributed by atoms with E-state index in [0.29, 0.717) is 0 Å². The molecule has 15 heavy (non-hydrogen) atoms. The van der Waals surface area contributed by atoms with Crippen molar-refractivity contribution >= 4 is 21.6 Å². The van der Waals surface area contributed by atoms with Gasteiger partial charge < -0.3 is 5.73 Å². The number of rotatable bonds is 1. The van der Waals surface area contributed by atoms with Gasteiger partial charge in [-0.15, -0.1) is 0 Å². The van der Waals surface area contributed by atoms with Crippen molar-refractivity contribution in [2.75, 3.05) is 5.73 Å². The van der Waals surface area contributed by atoms with Gasteiger partial charge in [-0.25, -0.2) is 0 Å². The van der Waals surface area contributed by atoms with Gasteiger partial charge in [0.15, 0.2) is 0 Å². The highest BCUT2D eigenvalue weighted by atomic mass is 79.9. The lowest BCUT2D eigenvalue weighted by atomic mass is 10.3. The van der Waals surface area contributed by atoms with Crippen LogP contribution in [0.2, 0.25) is 0 Å². The summed E-state index contributed by atoms with van der Waals surface area (Å²) in [6, 6.07) is 11.0. The van der Waals surface area contributed by atoms with Crippen molar-refractivity contribution in [3.8, 4) is 5.69 Å². The first-order valence-electron chi connectivity index (χ1n) is 4.41. The third kappa shape index (κ3) is 1.94. The van der Waals surface area contributed by atoms with Crippen LogP contribution in [0.25, 0.3) is 5.69 Å². The summed E-state index contributed by atoms with van der Waals surface area (Å²) in [4.78, 5) is 11.7. The van der Waals surface area contributed by atoms with Gasteiger partial charge in [0.25, 0.3) is 5.56 Å². The molecule has 1 aromatic carbocycles. The van der Waals surface area contributed by atoms with Crippen LogP contribution in [-0.2, 0) is 0 Å². The largest absolute Gasteiger partial charge is 0.394 e. The van der Waals surface area contributed by atoms with Crippen LogP contribution in [-0.4, -0.2) is 4.57 Å². The molecule has 0 unspecified atom stereocenters. The van der Waals surface area contributed by atoms with Crippen LogP contribution < -0.4 is 11.3 Å². The zero-order valence-electron chi connectivity index (χ0n) is 7.85. The molecule has 0 saturated carbocycles. The highest BCUT2D eigenvalue weighted by Gasteiger charge is 2.03. The minimum atomic E-state index is -0.204. The molecule has 0 amide bonds. The molecule has 0 aliphatic rings. The van der Waals surface area contributed by atoms with E-state index in [1.54, 1.807) is 12.3 Å². The smallest absolute Gasteiger partial charge is 0.278 e. The topological polar surface area (TPSA) is 48.0 Å². The Bertz CT molecular complexity index is 534. The van der Waals surface area contributed by atoms with Crippen molar-refractivity contribution in [2.24, 2.45) is 0 Å². The summed E-state index contributed by atoms with van der Waals surface area (Å²) in [6.07, 6.45) is 1.70. The van der Waals surface area contributed by atoms with Crippen LogP contribution in [0, 0.1) is 0 Å². The summed E-state index contributed by atoms with van der Waals surface area (Å²) < 4.78 is 2.29. The number of benzene rings is 1. The van der Waals surface area contributed by atoms with E-state index >= 15 is 0 Å². The number of nitrogens with zero attached hydrogens (tertiary/aromatic N) is 1. The number of nitrogens with two attached hydrogens (primary N) is 1. The molecule has 76 valence electrons. The summed E-state index contributed by atoms with van der Waals surface area (Å²) in [5, 5.41) is 0. The Morgan fingerprint density at radius 3 is 2.53 bits per heavy atom. The van der Waals surface area contributed by atoms with Gasteiger partial charge in [0.2, 0.25) is 0 Å². The minimum absolute atomic E-state index is 0.204. The molecule has 0 spiro atoms. The molecule has 2 rings (SSSR count). The lowest BCUT2D eigenvalue weighted by Crippen LogP contribution is -2.20. The first-order chi connectivity index (χ1) is 7.18. The Labute approximate surface area is 95.3 Å². The molecule has 3 nitrogen and oxygen atoms in total. The maximum Gasteiger partial charge on any atom is 0.278 e. The van der Waals surface area contributed by atoms with Crippen molar-refractivity contribution in [1.82, 2.24) is 4.57 Å². The van der Waals surface area contributed by atoms with Crippen LogP contribution in [0.5, 0.6) is 0 Å². The van der Waals surface area contributed by atoms with Crippen LogP contribution >= 0.6 is 15.9 Å². The van der Waals surface area contributed by atoms with Gasteiger partial charge in [-0.1, -0.05) is 18.2 Å². The minimum Gasteiger partial charge on any atom is -0.394 e. The third-order valence-electron chi connectivity index (χ3n) is 2.05. The van der Waals surface area contributed by atoms with Gasteiger partial charge in [-0.05, 0) is 34.1 Å². The van der Waals surface area contributed by atoms with Gasteiger partial charge in [-0.2, -0.15) is 0 Å². The number of hydrogen-bond donors (Lipinski definition) is 1. The Morgan fingerprint density at radius 1 is 1.20 bits per heavy atom. The normalized spacial score (nSPS) is 10.2. The van der Waals surface area contributed by atoms with Gasteiger partial charge in [0.1, 0.15) is 0 Å². The van der Waals surface area contributed by atoms with Crippen LogP contribution in [0.15, 0.2) is 51.9 Å². The van der Waals surface area contributed by atoms with E-state index in [-0.39, 0.29) is 11.2 Å². The quantitative estimate of drug-likeness (QED) is 0.859. The van der Waals surface area contributed by atoms with Gasteiger partial charge in [0, 0.05) is 16.4 Å². The highest BCUT2D eigenvalue weighted by Crippen LogP contribution is 2.13. The number of anilines is 1. The summed E-state index contributed by atoms with van der Waals surface area (Å²) in [7, 11) is 0. The molecule has 2 aromatic rings. The number of nitrogen functional groups attached to an aromatic ring is 1. The molecule has 1 aromatic heterocycles. The Morgan fingerprint density at radius 2 is 1.87 bits per heavy atom. The molecule has 0 aliphatic heterocycles. The molecule has 0 atom stereocenters. The predicted octanol–water partition coefficient (Wildman–Crippen LogP) is 2.18. The van der Waals surface area contributed by atoms with E-state index < -0.39 is 0 Å². The van der Waals surface area contributed by atoms with E-state index in [1.165, 1.54) is 4.57 Å². The molecule has 0 fully saturated rings. The van der Waals surface area contributed by atoms with Gasteiger partial charge in [-0.3, -0.25) is 9.36 Å². The third-order valence-corrected chi connectivity index (χ3v) is 2.48. The molecule has 2 N–H and O–H groups in total. The van der Waals surface area contributed by atoms with E-state index in [0.717, 1.165) is 10.2 Å². The second-order valence-electron chi connectivity index (χ2n) is 3.12. The monoisotopic (exact) mass is 264 g/mol. The molecule has 0 radical (unpaired) electrons. The second kappa shape index (κ2) is 3.90. The Hall–Kier alpha value is -1.55. The van der Waals surface area contributed by atoms with Crippen molar-refractivity contribution in [3.63, 3.8) is 0 Å². The van der Waals surface area contributed by atoms with E-state index in [4.69, 9.17) is 5.73 Å². The maximum atomic E-state index is 11.7.